The van der Waals surface area contributed by atoms with Gasteiger partial charge < -0.3 is 4.74 Å². The number of carbonyl (C=O) groups excluding carboxylic acids is 1. The van der Waals surface area contributed by atoms with Crippen molar-refractivity contribution in [2.24, 2.45) is 0 Å². The summed E-state index contributed by atoms with van der Waals surface area (Å²) < 4.78 is 4.89. The highest BCUT2D eigenvalue weighted by Crippen LogP contribution is 2.14. The summed E-state index contributed by atoms with van der Waals surface area (Å²) in [5.41, 5.74) is 1.69. The van der Waals surface area contributed by atoms with Crippen molar-refractivity contribution in [1.82, 2.24) is 4.98 Å². The number of rotatable bonds is 5. The third-order valence-corrected chi connectivity index (χ3v) is 2.81. The number of ether oxygens (including phenoxy) is 1. The van der Waals surface area contributed by atoms with Crippen LogP contribution >= 0.6 is 12.4 Å². The molecule has 0 bridgehead atoms. The zero-order valence-electron chi connectivity index (χ0n) is 12.3. The molecule has 120 valence electrons. The predicted octanol–water partition coefficient (Wildman–Crippen LogP) is 3.76. The van der Waals surface area contributed by atoms with Crippen molar-refractivity contribution in [2.45, 2.75) is 6.92 Å². The summed E-state index contributed by atoms with van der Waals surface area (Å²) in [6, 6.07) is 11.2. The first kappa shape index (κ1) is 18.3. The highest BCUT2D eigenvalue weighted by Gasteiger charge is 2.07. The average Bonchev–Trinajstić information content (AvgIpc) is 2.54. The van der Waals surface area contributed by atoms with E-state index in [0.717, 1.165) is 5.56 Å². The number of nitro groups is 1. The van der Waals surface area contributed by atoms with Crippen LogP contribution < -0.4 is 0 Å². The molecule has 0 aliphatic rings. The topological polar surface area (TPSA) is 82.3 Å². The largest absolute Gasteiger partial charge is 0.461 e. The van der Waals surface area contributed by atoms with Crippen molar-refractivity contribution in [2.75, 3.05) is 6.61 Å². The van der Waals surface area contributed by atoms with E-state index in [4.69, 9.17) is 4.74 Å². The number of halogens is 1. The van der Waals surface area contributed by atoms with Gasteiger partial charge >= 0.3 is 5.97 Å². The van der Waals surface area contributed by atoms with Crippen molar-refractivity contribution < 1.29 is 14.5 Å². The zero-order chi connectivity index (χ0) is 15.9. The van der Waals surface area contributed by atoms with E-state index in [1.54, 1.807) is 49.4 Å². The molecule has 0 atom stereocenters. The van der Waals surface area contributed by atoms with Crippen molar-refractivity contribution in [1.29, 1.82) is 0 Å². The van der Waals surface area contributed by atoms with Gasteiger partial charge in [0, 0.05) is 12.1 Å². The number of benzene rings is 1. The van der Waals surface area contributed by atoms with Crippen LogP contribution in [0, 0.1) is 10.1 Å². The van der Waals surface area contributed by atoms with Gasteiger partial charge in [0.05, 0.1) is 17.2 Å². The Labute approximate surface area is 139 Å². The summed E-state index contributed by atoms with van der Waals surface area (Å²) in [6.07, 6.45) is 3.49. The fourth-order valence-electron chi connectivity index (χ4n) is 1.75. The molecular formula is C16H15ClN2O4. The SMILES string of the molecule is CCOC(=O)c1cccc(C=Cc2ccc([N+](=O)[O-])cc2)n1.Cl. The molecule has 6 nitrogen and oxygen atoms in total. The normalized spacial score (nSPS) is 10.1. The molecule has 1 heterocycles. The number of hydrogen-bond donors (Lipinski definition) is 0. The van der Waals surface area contributed by atoms with Crippen LogP contribution in [0.1, 0.15) is 28.7 Å². The van der Waals surface area contributed by atoms with E-state index in [2.05, 4.69) is 4.98 Å². The summed E-state index contributed by atoms with van der Waals surface area (Å²) in [5, 5.41) is 10.6. The van der Waals surface area contributed by atoms with Gasteiger partial charge in [-0.15, -0.1) is 12.4 Å². The van der Waals surface area contributed by atoms with E-state index in [1.165, 1.54) is 12.1 Å². The van der Waals surface area contributed by atoms with Gasteiger partial charge in [-0.3, -0.25) is 10.1 Å². The van der Waals surface area contributed by atoms with E-state index in [0.29, 0.717) is 12.3 Å². The van der Waals surface area contributed by atoms with Gasteiger partial charge in [-0.05, 0) is 42.8 Å². The molecular weight excluding hydrogens is 320 g/mol. The molecule has 0 saturated heterocycles. The second-order valence-electron chi connectivity index (χ2n) is 4.35. The fraction of sp³-hybridized carbons (Fsp3) is 0.125. The summed E-state index contributed by atoms with van der Waals surface area (Å²) in [7, 11) is 0. The van der Waals surface area contributed by atoms with E-state index >= 15 is 0 Å². The van der Waals surface area contributed by atoms with Crippen LogP contribution in [0.25, 0.3) is 12.2 Å². The molecule has 0 saturated carbocycles. The highest BCUT2D eigenvalue weighted by molar-refractivity contribution is 5.87. The molecule has 0 amide bonds. The number of hydrogen-bond acceptors (Lipinski definition) is 5. The Morgan fingerprint density at radius 2 is 1.91 bits per heavy atom. The lowest BCUT2D eigenvalue weighted by molar-refractivity contribution is -0.384. The Morgan fingerprint density at radius 1 is 1.22 bits per heavy atom. The lowest BCUT2D eigenvalue weighted by atomic mass is 10.2. The molecule has 0 aliphatic heterocycles. The first-order valence-corrected chi connectivity index (χ1v) is 6.67. The van der Waals surface area contributed by atoms with Gasteiger partial charge in [-0.25, -0.2) is 9.78 Å². The standard InChI is InChI=1S/C16H14N2O4.ClH/c1-2-22-16(19)15-5-3-4-13(17-15)9-6-12-7-10-14(11-8-12)18(20)21;/h3-11H,2H2,1H3;1H. The minimum absolute atomic E-state index is 0. The van der Waals surface area contributed by atoms with Crippen molar-refractivity contribution in [3.05, 3.63) is 69.5 Å². The number of pyridine rings is 1. The average molecular weight is 335 g/mol. The van der Waals surface area contributed by atoms with Gasteiger partial charge in [-0.1, -0.05) is 12.1 Å². The van der Waals surface area contributed by atoms with Crippen LogP contribution in [0.15, 0.2) is 42.5 Å². The fourth-order valence-corrected chi connectivity index (χ4v) is 1.75. The second-order valence-corrected chi connectivity index (χ2v) is 4.35. The summed E-state index contributed by atoms with van der Waals surface area (Å²) in [4.78, 5) is 25.9. The minimum Gasteiger partial charge on any atom is -0.461 e. The Morgan fingerprint density at radius 3 is 2.52 bits per heavy atom. The molecule has 0 fully saturated rings. The molecule has 0 spiro atoms. The van der Waals surface area contributed by atoms with Crippen LogP contribution in [-0.2, 0) is 4.74 Å². The van der Waals surface area contributed by atoms with Gasteiger partial charge in [0.1, 0.15) is 5.69 Å². The van der Waals surface area contributed by atoms with Crippen LogP contribution in [0.5, 0.6) is 0 Å². The third-order valence-electron chi connectivity index (χ3n) is 2.81. The molecule has 0 radical (unpaired) electrons. The van der Waals surface area contributed by atoms with Crippen molar-refractivity contribution >= 4 is 36.2 Å². The quantitative estimate of drug-likeness (QED) is 0.472. The minimum atomic E-state index is -0.465. The first-order valence-electron chi connectivity index (χ1n) is 6.67. The molecule has 7 heteroatoms. The molecule has 1 aromatic heterocycles. The maximum atomic E-state index is 11.6. The van der Waals surface area contributed by atoms with E-state index in [9.17, 15) is 14.9 Å². The van der Waals surface area contributed by atoms with Crippen LogP contribution in [0.2, 0.25) is 0 Å². The Balaban J connectivity index is 0.00000264. The molecule has 0 aliphatic carbocycles. The van der Waals surface area contributed by atoms with E-state index < -0.39 is 10.9 Å². The van der Waals surface area contributed by atoms with Gasteiger partial charge in [0.2, 0.25) is 0 Å². The van der Waals surface area contributed by atoms with Crippen LogP contribution in [0.4, 0.5) is 5.69 Å². The number of nitro benzene ring substituents is 1. The van der Waals surface area contributed by atoms with E-state index in [1.807, 2.05) is 0 Å². The summed E-state index contributed by atoms with van der Waals surface area (Å²) in [5.74, 6) is -0.465. The monoisotopic (exact) mass is 334 g/mol. The first-order chi connectivity index (χ1) is 10.6. The lowest BCUT2D eigenvalue weighted by Gasteiger charge is -2.01. The van der Waals surface area contributed by atoms with Crippen LogP contribution in [-0.4, -0.2) is 22.5 Å². The number of non-ortho nitro benzene ring substituents is 1. The summed E-state index contributed by atoms with van der Waals surface area (Å²) >= 11 is 0. The molecule has 0 unspecified atom stereocenters. The van der Waals surface area contributed by atoms with Crippen molar-refractivity contribution in [3.8, 4) is 0 Å². The van der Waals surface area contributed by atoms with Gasteiger partial charge in [-0.2, -0.15) is 0 Å². The van der Waals surface area contributed by atoms with Crippen LogP contribution in [0.3, 0.4) is 0 Å². The highest BCUT2D eigenvalue weighted by atomic mass is 35.5. The molecule has 2 rings (SSSR count). The predicted molar refractivity (Wildman–Crippen MR) is 89.5 cm³/mol. The van der Waals surface area contributed by atoms with Crippen molar-refractivity contribution in [3.63, 3.8) is 0 Å². The third kappa shape index (κ3) is 5.19. The molecule has 2 aromatic rings. The number of esters is 1. The molecule has 0 N–H and O–H groups in total. The Hall–Kier alpha value is -2.73. The zero-order valence-corrected chi connectivity index (χ0v) is 13.2. The second kappa shape index (κ2) is 8.65. The lowest BCUT2D eigenvalue weighted by Crippen LogP contribution is -2.07. The maximum absolute atomic E-state index is 11.6. The van der Waals surface area contributed by atoms with Gasteiger partial charge in [0.15, 0.2) is 0 Å². The molecule has 23 heavy (non-hydrogen) atoms. The Kier molecular flexibility index (Phi) is 6.89. The number of aromatic nitrogens is 1. The number of nitrogens with zero attached hydrogens (tertiary/aromatic N) is 2. The summed E-state index contributed by atoms with van der Waals surface area (Å²) in [6.45, 7) is 2.03. The van der Waals surface area contributed by atoms with E-state index in [-0.39, 0.29) is 23.8 Å². The maximum Gasteiger partial charge on any atom is 0.356 e. The number of carbonyl (C=O) groups is 1. The molecule has 1 aromatic carbocycles. The Bertz CT molecular complexity index is 714. The van der Waals surface area contributed by atoms with Gasteiger partial charge in [0.25, 0.3) is 5.69 Å². The smallest absolute Gasteiger partial charge is 0.356 e.